The fourth-order valence-corrected chi connectivity index (χ4v) is 1.86. The molecular formula is C10H8BrClN2. The van der Waals surface area contributed by atoms with Crippen molar-refractivity contribution in [1.29, 1.82) is 0 Å². The van der Waals surface area contributed by atoms with Crippen molar-refractivity contribution in [2.45, 2.75) is 0 Å². The van der Waals surface area contributed by atoms with E-state index < -0.39 is 0 Å². The van der Waals surface area contributed by atoms with Gasteiger partial charge in [0.25, 0.3) is 0 Å². The molecule has 0 N–H and O–H groups in total. The van der Waals surface area contributed by atoms with Crippen LogP contribution < -0.4 is 0 Å². The summed E-state index contributed by atoms with van der Waals surface area (Å²) in [4.78, 5) is 4.25. The molecule has 2 aromatic rings. The van der Waals surface area contributed by atoms with Crippen LogP contribution in [-0.4, -0.2) is 9.55 Å². The SMILES string of the molecule is Cn1ccnc1-c1cc(Br)ccc1Cl. The van der Waals surface area contributed by atoms with Crippen LogP contribution in [0.15, 0.2) is 35.1 Å². The lowest BCUT2D eigenvalue weighted by Crippen LogP contribution is -1.91. The fraction of sp³-hybridized carbons (Fsp3) is 0.100. The first-order chi connectivity index (χ1) is 6.68. The molecule has 0 bridgehead atoms. The normalized spacial score (nSPS) is 10.5. The van der Waals surface area contributed by atoms with Crippen molar-refractivity contribution >= 4 is 27.5 Å². The lowest BCUT2D eigenvalue weighted by molar-refractivity contribution is 0.925. The minimum absolute atomic E-state index is 0.711. The maximum Gasteiger partial charge on any atom is 0.141 e. The molecule has 1 heterocycles. The van der Waals surface area contributed by atoms with Crippen LogP contribution in [0.25, 0.3) is 11.4 Å². The summed E-state index contributed by atoms with van der Waals surface area (Å²) in [6.45, 7) is 0. The van der Waals surface area contributed by atoms with E-state index in [1.54, 1.807) is 6.20 Å². The maximum atomic E-state index is 6.09. The zero-order valence-corrected chi connectivity index (χ0v) is 9.88. The van der Waals surface area contributed by atoms with Crippen LogP contribution in [0, 0.1) is 0 Å². The van der Waals surface area contributed by atoms with Crippen LogP contribution in [0.2, 0.25) is 5.02 Å². The van der Waals surface area contributed by atoms with E-state index in [9.17, 15) is 0 Å². The molecule has 0 fully saturated rings. The lowest BCUT2D eigenvalue weighted by Gasteiger charge is -2.04. The molecule has 0 radical (unpaired) electrons. The molecule has 0 atom stereocenters. The van der Waals surface area contributed by atoms with E-state index in [0.29, 0.717) is 5.02 Å². The Balaban J connectivity index is 2.62. The summed E-state index contributed by atoms with van der Waals surface area (Å²) in [5.74, 6) is 0.872. The summed E-state index contributed by atoms with van der Waals surface area (Å²) < 4.78 is 2.94. The van der Waals surface area contributed by atoms with Crippen LogP contribution in [-0.2, 0) is 7.05 Å². The Bertz CT molecular complexity index is 465. The van der Waals surface area contributed by atoms with E-state index >= 15 is 0 Å². The maximum absolute atomic E-state index is 6.09. The minimum atomic E-state index is 0.711. The highest BCUT2D eigenvalue weighted by Crippen LogP contribution is 2.28. The summed E-state index contributed by atoms with van der Waals surface area (Å²) >= 11 is 9.50. The molecule has 0 unspecified atom stereocenters. The fourth-order valence-electron chi connectivity index (χ4n) is 1.29. The molecule has 0 spiro atoms. The smallest absolute Gasteiger partial charge is 0.141 e. The zero-order chi connectivity index (χ0) is 10.1. The van der Waals surface area contributed by atoms with Crippen molar-refractivity contribution in [1.82, 2.24) is 9.55 Å². The molecule has 72 valence electrons. The van der Waals surface area contributed by atoms with Gasteiger partial charge in [0.05, 0.1) is 5.02 Å². The highest BCUT2D eigenvalue weighted by atomic mass is 79.9. The van der Waals surface area contributed by atoms with E-state index in [0.717, 1.165) is 15.9 Å². The summed E-state index contributed by atoms with van der Waals surface area (Å²) in [5, 5.41) is 0.711. The van der Waals surface area contributed by atoms with Gasteiger partial charge in [0, 0.05) is 29.5 Å². The van der Waals surface area contributed by atoms with Gasteiger partial charge in [-0.05, 0) is 18.2 Å². The predicted octanol–water partition coefficient (Wildman–Crippen LogP) is 3.50. The van der Waals surface area contributed by atoms with E-state index in [4.69, 9.17) is 11.6 Å². The number of aryl methyl sites for hydroxylation is 1. The van der Waals surface area contributed by atoms with Gasteiger partial charge in [0.15, 0.2) is 0 Å². The first-order valence-electron chi connectivity index (χ1n) is 4.11. The molecular weight excluding hydrogens is 263 g/mol. The molecule has 2 rings (SSSR count). The Kier molecular flexibility index (Phi) is 2.61. The topological polar surface area (TPSA) is 17.8 Å². The lowest BCUT2D eigenvalue weighted by atomic mass is 10.2. The van der Waals surface area contributed by atoms with Crippen molar-refractivity contribution in [2.75, 3.05) is 0 Å². The van der Waals surface area contributed by atoms with Gasteiger partial charge in [0.1, 0.15) is 5.82 Å². The third kappa shape index (κ3) is 1.70. The monoisotopic (exact) mass is 270 g/mol. The van der Waals surface area contributed by atoms with Crippen molar-refractivity contribution in [3.05, 3.63) is 40.1 Å². The van der Waals surface area contributed by atoms with Crippen molar-refractivity contribution in [3.63, 3.8) is 0 Å². The highest BCUT2D eigenvalue weighted by Gasteiger charge is 2.07. The number of hydrogen-bond donors (Lipinski definition) is 0. The minimum Gasteiger partial charge on any atom is -0.334 e. The van der Waals surface area contributed by atoms with Crippen LogP contribution in [0.1, 0.15) is 0 Å². The molecule has 0 aliphatic carbocycles. The number of imidazole rings is 1. The molecule has 2 nitrogen and oxygen atoms in total. The molecule has 4 heteroatoms. The van der Waals surface area contributed by atoms with Gasteiger partial charge in [0.2, 0.25) is 0 Å². The average Bonchev–Trinajstić information content (AvgIpc) is 2.56. The van der Waals surface area contributed by atoms with Crippen molar-refractivity contribution < 1.29 is 0 Å². The molecule has 1 aromatic heterocycles. The molecule has 0 aliphatic rings. The molecule has 0 amide bonds. The third-order valence-electron chi connectivity index (χ3n) is 1.99. The summed E-state index contributed by atoms with van der Waals surface area (Å²) in [7, 11) is 1.94. The molecule has 0 aliphatic heterocycles. The standard InChI is InChI=1S/C10H8BrClN2/c1-14-5-4-13-10(14)8-6-7(11)2-3-9(8)12/h2-6H,1H3. The molecule has 14 heavy (non-hydrogen) atoms. The van der Waals surface area contributed by atoms with Crippen LogP contribution >= 0.6 is 27.5 Å². The first kappa shape index (κ1) is 9.74. The Labute approximate surface area is 95.7 Å². The largest absolute Gasteiger partial charge is 0.334 e. The Morgan fingerprint density at radius 1 is 1.43 bits per heavy atom. The van der Waals surface area contributed by atoms with Gasteiger partial charge in [-0.25, -0.2) is 4.98 Å². The van der Waals surface area contributed by atoms with E-state index in [1.807, 2.05) is 36.0 Å². The number of aromatic nitrogens is 2. The second-order valence-corrected chi connectivity index (χ2v) is 4.31. The second kappa shape index (κ2) is 3.75. The summed E-state index contributed by atoms with van der Waals surface area (Å²) in [5.41, 5.74) is 0.938. The number of rotatable bonds is 1. The third-order valence-corrected chi connectivity index (χ3v) is 2.81. The molecule has 0 saturated carbocycles. The van der Waals surface area contributed by atoms with Crippen molar-refractivity contribution in [3.8, 4) is 11.4 Å². The van der Waals surface area contributed by atoms with E-state index in [1.165, 1.54) is 0 Å². The van der Waals surface area contributed by atoms with Gasteiger partial charge < -0.3 is 4.57 Å². The highest BCUT2D eigenvalue weighted by molar-refractivity contribution is 9.10. The van der Waals surface area contributed by atoms with Crippen LogP contribution in [0.5, 0.6) is 0 Å². The summed E-state index contributed by atoms with van der Waals surface area (Å²) in [6.07, 6.45) is 3.65. The zero-order valence-electron chi connectivity index (χ0n) is 7.54. The van der Waals surface area contributed by atoms with E-state index in [-0.39, 0.29) is 0 Å². The molecule has 1 aromatic carbocycles. The van der Waals surface area contributed by atoms with Gasteiger partial charge in [-0.2, -0.15) is 0 Å². The van der Waals surface area contributed by atoms with Crippen LogP contribution in [0.4, 0.5) is 0 Å². The van der Waals surface area contributed by atoms with Crippen LogP contribution in [0.3, 0.4) is 0 Å². The van der Waals surface area contributed by atoms with Gasteiger partial charge in [-0.15, -0.1) is 0 Å². The van der Waals surface area contributed by atoms with Gasteiger partial charge >= 0.3 is 0 Å². The quantitative estimate of drug-likeness (QED) is 0.776. The second-order valence-electron chi connectivity index (χ2n) is 2.99. The van der Waals surface area contributed by atoms with Crippen molar-refractivity contribution in [2.24, 2.45) is 7.05 Å². The number of halogens is 2. The summed E-state index contributed by atoms with van der Waals surface area (Å²) in [6, 6.07) is 5.73. The first-order valence-corrected chi connectivity index (χ1v) is 5.28. The number of benzene rings is 1. The van der Waals surface area contributed by atoms with E-state index in [2.05, 4.69) is 20.9 Å². The average molecular weight is 272 g/mol. The van der Waals surface area contributed by atoms with Gasteiger partial charge in [-0.1, -0.05) is 27.5 Å². The molecule has 0 saturated heterocycles. The Morgan fingerprint density at radius 3 is 2.86 bits per heavy atom. The number of nitrogens with zero attached hydrogens (tertiary/aromatic N) is 2. The van der Waals surface area contributed by atoms with Gasteiger partial charge in [-0.3, -0.25) is 0 Å². The number of hydrogen-bond acceptors (Lipinski definition) is 1. The predicted molar refractivity (Wildman–Crippen MR) is 61.4 cm³/mol. The Morgan fingerprint density at radius 2 is 2.21 bits per heavy atom. The Hall–Kier alpha value is -0.800.